The van der Waals surface area contributed by atoms with Crippen molar-refractivity contribution in [1.82, 2.24) is 15.5 Å². The summed E-state index contributed by atoms with van der Waals surface area (Å²) in [5, 5.41) is 6.76. The van der Waals surface area contributed by atoms with Gasteiger partial charge in [0.15, 0.2) is 5.96 Å². The van der Waals surface area contributed by atoms with Crippen LogP contribution in [0.3, 0.4) is 0 Å². The molecule has 1 unspecified atom stereocenters. The lowest BCUT2D eigenvalue weighted by molar-refractivity contribution is 0.0241. The van der Waals surface area contributed by atoms with Gasteiger partial charge >= 0.3 is 0 Å². The maximum atomic E-state index is 5.57. The van der Waals surface area contributed by atoms with E-state index in [4.69, 9.17) is 4.74 Å². The van der Waals surface area contributed by atoms with E-state index in [0.29, 0.717) is 6.54 Å². The zero-order valence-electron chi connectivity index (χ0n) is 15.4. The van der Waals surface area contributed by atoms with E-state index < -0.39 is 0 Å². The Hall–Kier alpha value is -0.810. The number of nitrogens with zero attached hydrogens (tertiary/aromatic N) is 2. The summed E-state index contributed by atoms with van der Waals surface area (Å²) in [7, 11) is 1.76. The molecule has 0 aliphatic heterocycles. The van der Waals surface area contributed by atoms with Gasteiger partial charge in [0.25, 0.3) is 0 Å². The van der Waals surface area contributed by atoms with Crippen molar-refractivity contribution >= 4 is 5.96 Å². The van der Waals surface area contributed by atoms with Crippen LogP contribution in [0.15, 0.2) is 4.99 Å². The molecule has 0 radical (unpaired) electrons. The molecule has 0 aromatic heterocycles. The van der Waals surface area contributed by atoms with Gasteiger partial charge in [-0.1, -0.05) is 27.7 Å². The smallest absolute Gasteiger partial charge is 0.191 e. The van der Waals surface area contributed by atoms with E-state index in [2.05, 4.69) is 55.1 Å². The SMILES string of the molecule is CCNC(=NCC(OC)C(C)(C)C)NCCN(CC)C1CC1. The van der Waals surface area contributed by atoms with Crippen molar-refractivity contribution in [3.8, 4) is 0 Å². The minimum atomic E-state index is 0.0978. The van der Waals surface area contributed by atoms with Crippen LogP contribution in [0, 0.1) is 5.41 Å². The molecule has 1 atom stereocenters. The van der Waals surface area contributed by atoms with Gasteiger partial charge in [-0.25, -0.2) is 0 Å². The van der Waals surface area contributed by atoms with Crippen molar-refractivity contribution in [3.63, 3.8) is 0 Å². The van der Waals surface area contributed by atoms with Crippen molar-refractivity contribution in [2.75, 3.05) is 39.8 Å². The molecule has 0 saturated heterocycles. The maximum absolute atomic E-state index is 5.57. The van der Waals surface area contributed by atoms with Gasteiger partial charge in [-0.2, -0.15) is 0 Å². The Kier molecular flexibility index (Phi) is 8.18. The van der Waals surface area contributed by atoms with E-state index in [-0.39, 0.29) is 11.5 Å². The molecule has 0 heterocycles. The van der Waals surface area contributed by atoms with E-state index in [1.54, 1.807) is 7.11 Å². The third kappa shape index (κ3) is 6.97. The normalized spacial score (nSPS) is 17.7. The summed E-state index contributed by atoms with van der Waals surface area (Å²) in [5.41, 5.74) is 0.0978. The van der Waals surface area contributed by atoms with Crippen molar-refractivity contribution < 1.29 is 4.74 Å². The fourth-order valence-corrected chi connectivity index (χ4v) is 2.57. The largest absolute Gasteiger partial charge is 0.379 e. The van der Waals surface area contributed by atoms with E-state index >= 15 is 0 Å². The van der Waals surface area contributed by atoms with Crippen LogP contribution in [0.25, 0.3) is 0 Å². The lowest BCUT2D eigenvalue weighted by Crippen LogP contribution is -2.43. The lowest BCUT2D eigenvalue weighted by Gasteiger charge is -2.28. The van der Waals surface area contributed by atoms with E-state index in [1.807, 2.05) is 0 Å². The molecule has 1 rings (SSSR count). The van der Waals surface area contributed by atoms with Crippen LogP contribution in [0.4, 0.5) is 0 Å². The fraction of sp³-hybridized carbons (Fsp3) is 0.941. The molecule has 5 nitrogen and oxygen atoms in total. The van der Waals surface area contributed by atoms with Crippen molar-refractivity contribution in [2.45, 2.75) is 59.6 Å². The van der Waals surface area contributed by atoms with Gasteiger partial charge in [0, 0.05) is 32.8 Å². The molecule has 0 aromatic rings. The van der Waals surface area contributed by atoms with Gasteiger partial charge in [-0.3, -0.25) is 9.89 Å². The van der Waals surface area contributed by atoms with Crippen LogP contribution < -0.4 is 10.6 Å². The first-order valence-corrected chi connectivity index (χ1v) is 8.71. The highest BCUT2D eigenvalue weighted by molar-refractivity contribution is 5.79. The molecule has 0 spiro atoms. The number of rotatable bonds is 9. The summed E-state index contributed by atoms with van der Waals surface area (Å²) >= 11 is 0. The van der Waals surface area contributed by atoms with Crippen molar-refractivity contribution in [2.24, 2.45) is 10.4 Å². The summed E-state index contributed by atoms with van der Waals surface area (Å²) in [6.07, 6.45) is 2.85. The molecule has 22 heavy (non-hydrogen) atoms. The monoisotopic (exact) mass is 312 g/mol. The van der Waals surface area contributed by atoms with Gasteiger partial charge in [-0.15, -0.1) is 0 Å². The predicted octanol–water partition coefficient (Wildman–Crippen LogP) is 2.09. The summed E-state index contributed by atoms with van der Waals surface area (Å²) in [4.78, 5) is 7.23. The molecule has 130 valence electrons. The highest BCUT2D eigenvalue weighted by atomic mass is 16.5. The Bertz CT molecular complexity index is 334. The topological polar surface area (TPSA) is 48.9 Å². The second kappa shape index (κ2) is 9.36. The molecule has 1 aliphatic carbocycles. The lowest BCUT2D eigenvalue weighted by atomic mass is 9.89. The molecule has 1 saturated carbocycles. The zero-order chi connectivity index (χ0) is 16.6. The van der Waals surface area contributed by atoms with E-state index in [1.165, 1.54) is 12.8 Å². The molecule has 0 aromatic carbocycles. The molecule has 1 aliphatic rings. The Labute approximate surface area is 136 Å². The number of methoxy groups -OCH3 is 1. The first-order chi connectivity index (χ1) is 10.4. The van der Waals surface area contributed by atoms with Gasteiger partial charge in [0.1, 0.15) is 0 Å². The number of hydrogen-bond acceptors (Lipinski definition) is 3. The average Bonchev–Trinajstić information content (AvgIpc) is 3.27. The Morgan fingerprint density at radius 1 is 1.27 bits per heavy atom. The second-order valence-corrected chi connectivity index (χ2v) is 7.10. The number of ether oxygens (including phenoxy) is 1. The number of hydrogen-bond donors (Lipinski definition) is 2. The predicted molar refractivity (Wildman–Crippen MR) is 94.5 cm³/mol. The van der Waals surface area contributed by atoms with Gasteiger partial charge in [-0.05, 0) is 31.7 Å². The van der Waals surface area contributed by atoms with Crippen LogP contribution in [-0.4, -0.2) is 62.8 Å². The molecule has 5 heteroatoms. The Morgan fingerprint density at radius 2 is 1.95 bits per heavy atom. The fourth-order valence-electron chi connectivity index (χ4n) is 2.57. The molecule has 0 amide bonds. The molecule has 1 fully saturated rings. The second-order valence-electron chi connectivity index (χ2n) is 7.10. The van der Waals surface area contributed by atoms with Crippen LogP contribution >= 0.6 is 0 Å². The van der Waals surface area contributed by atoms with Crippen molar-refractivity contribution in [3.05, 3.63) is 0 Å². The standard InChI is InChI=1S/C17H36N4O/c1-7-18-16(20-13-15(22-6)17(3,4)5)19-11-12-21(8-2)14-9-10-14/h14-15H,7-13H2,1-6H3,(H2,18,19,20). The molecule has 0 bridgehead atoms. The average molecular weight is 313 g/mol. The number of aliphatic imine (C=N–C) groups is 1. The minimum absolute atomic E-state index is 0.0978. The molecule has 2 N–H and O–H groups in total. The first-order valence-electron chi connectivity index (χ1n) is 8.71. The maximum Gasteiger partial charge on any atom is 0.191 e. The molecular formula is C17H36N4O. The Balaban J connectivity index is 2.43. The zero-order valence-corrected chi connectivity index (χ0v) is 15.4. The van der Waals surface area contributed by atoms with Gasteiger partial charge in [0.05, 0.1) is 12.6 Å². The van der Waals surface area contributed by atoms with Gasteiger partial charge < -0.3 is 15.4 Å². The van der Waals surface area contributed by atoms with E-state index in [0.717, 1.165) is 38.2 Å². The number of guanidine groups is 1. The summed E-state index contributed by atoms with van der Waals surface area (Å²) in [6.45, 7) is 15.6. The van der Waals surface area contributed by atoms with Crippen molar-refractivity contribution in [1.29, 1.82) is 0 Å². The van der Waals surface area contributed by atoms with E-state index in [9.17, 15) is 0 Å². The summed E-state index contributed by atoms with van der Waals surface area (Å²) < 4.78 is 5.57. The Morgan fingerprint density at radius 3 is 2.41 bits per heavy atom. The third-order valence-electron chi connectivity index (χ3n) is 4.17. The number of nitrogens with one attached hydrogen (secondary N) is 2. The number of likely N-dealkylation sites (N-methyl/N-ethyl adjacent to an activating group) is 1. The highest BCUT2D eigenvalue weighted by Crippen LogP contribution is 2.25. The quantitative estimate of drug-likeness (QED) is 0.505. The van der Waals surface area contributed by atoms with Crippen LogP contribution in [0.2, 0.25) is 0 Å². The minimum Gasteiger partial charge on any atom is -0.379 e. The van der Waals surface area contributed by atoms with Crippen LogP contribution in [0.1, 0.15) is 47.5 Å². The van der Waals surface area contributed by atoms with Crippen LogP contribution in [-0.2, 0) is 4.74 Å². The van der Waals surface area contributed by atoms with Gasteiger partial charge in [0.2, 0.25) is 0 Å². The van der Waals surface area contributed by atoms with Crippen LogP contribution in [0.5, 0.6) is 0 Å². The summed E-state index contributed by atoms with van der Waals surface area (Å²) in [6, 6.07) is 0.824. The third-order valence-corrected chi connectivity index (χ3v) is 4.17. The molecular weight excluding hydrogens is 276 g/mol. The summed E-state index contributed by atoms with van der Waals surface area (Å²) in [5.74, 6) is 0.889. The highest BCUT2D eigenvalue weighted by Gasteiger charge is 2.27. The first kappa shape index (κ1) is 19.2.